The fraction of sp³-hybridized carbons (Fsp3) is 0.500. The van der Waals surface area contributed by atoms with E-state index in [-0.39, 0.29) is 13.2 Å². The molecule has 1 N–H and O–H groups in total. The zero-order valence-corrected chi connectivity index (χ0v) is 10.5. The fourth-order valence-electron chi connectivity index (χ4n) is 1.33. The van der Waals surface area contributed by atoms with Gasteiger partial charge >= 0.3 is 0 Å². The van der Waals surface area contributed by atoms with Crippen LogP contribution in [0.4, 0.5) is 22.0 Å². The normalized spacial score (nSPS) is 11.2. The van der Waals surface area contributed by atoms with Crippen molar-refractivity contribution in [1.29, 1.82) is 0 Å². The van der Waals surface area contributed by atoms with Crippen LogP contribution in [0.15, 0.2) is 0 Å². The minimum atomic E-state index is -2.19. The van der Waals surface area contributed by atoms with Gasteiger partial charge in [-0.15, -0.1) is 0 Å². The molecule has 7 heteroatoms. The van der Waals surface area contributed by atoms with Crippen LogP contribution in [0.5, 0.6) is 5.75 Å². The Morgan fingerprint density at radius 3 is 1.84 bits per heavy atom. The van der Waals surface area contributed by atoms with Gasteiger partial charge in [-0.2, -0.15) is 8.78 Å². The van der Waals surface area contributed by atoms with Crippen LogP contribution in [-0.4, -0.2) is 19.7 Å². The van der Waals surface area contributed by atoms with Crippen LogP contribution < -0.4 is 10.1 Å². The summed E-state index contributed by atoms with van der Waals surface area (Å²) in [6.07, 6.45) is 0. The Hall–Kier alpha value is -1.37. The number of rotatable bonds is 6. The fourth-order valence-corrected chi connectivity index (χ4v) is 1.33. The van der Waals surface area contributed by atoms with E-state index in [2.05, 4.69) is 10.1 Å². The summed E-state index contributed by atoms with van der Waals surface area (Å²) in [5.41, 5.74) is 0. The van der Waals surface area contributed by atoms with Gasteiger partial charge in [0.05, 0.1) is 0 Å². The van der Waals surface area contributed by atoms with Gasteiger partial charge in [-0.3, -0.25) is 0 Å². The predicted molar refractivity (Wildman–Crippen MR) is 59.4 cm³/mol. The first-order valence-electron chi connectivity index (χ1n) is 5.71. The lowest BCUT2D eigenvalue weighted by molar-refractivity contribution is 0.260. The van der Waals surface area contributed by atoms with Crippen molar-refractivity contribution < 1.29 is 26.7 Å². The molecule has 0 aliphatic carbocycles. The average molecular weight is 283 g/mol. The first-order chi connectivity index (χ1) is 8.86. The highest BCUT2D eigenvalue weighted by Crippen LogP contribution is 2.28. The van der Waals surface area contributed by atoms with E-state index in [1.165, 1.54) is 0 Å². The van der Waals surface area contributed by atoms with Gasteiger partial charge in [0, 0.05) is 6.54 Å². The van der Waals surface area contributed by atoms with Gasteiger partial charge in [-0.1, -0.05) is 13.8 Å². The number of halogens is 5. The second-order valence-electron chi connectivity index (χ2n) is 4.35. The minimum absolute atomic E-state index is 0.203. The molecular weight excluding hydrogens is 269 g/mol. The molecule has 0 unspecified atom stereocenters. The lowest BCUT2D eigenvalue weighted by atomic mass is 10.2. The molecule has 0 fully saturated rings. The molecule has 0 heterocycles. The number of nitrogens with one attached hydrogen (secondary N) is 1. The number of hydrogen-bond donors (Lipinski definition) is 1. The monoisotopic (exact) mass is 283 g/mol. The summed E-state index contributed by atoms with van der Waals surface area (Å²) in [6, 6.07) is 0. The van der Waals surface area contributed by atoms with E-state index < -0.39 is 34.8 Å². The summed E-state index contributed by atoms with van der Waals surface area (Å²) in [6.45, 7) is 4.60. The Morgan fingerprint density at radius 2 is 1.37 bits per heavy atom. The molecule has 2 nitrogen and oxygen atoms in total. The standard InChI is InChI=1S/C12H14F5NO/c1-6(2)5-18-3-4-19-12-10(16)8(14)7(13)9(15)11(12)17/h6,18H,3-5H2,1-2H3. The average Bonchev–Trinajstić information content (AvgIpc) is 2.37. The molecule has 0 saturated heterocycles. The van der Waals surface area contributed by atoms with Crippen molar-refractivity contribution in [3.8, 4) is 5.75 Å². The SMILES string of the molecule is CC(C)CNCCOc1c(F)c(F)c(F)c(F)c1F. The maximum atomic E-state index is 13.2. The Morgan fingerprint density at radius 1 is 0.895 bits per heavy atom. The molecule has 0 aromatic heterocycles. The molecule has 0 aliphatic heterocycles. The lowest BCUT2D eigenvalue weighted by Crippen LogP contribution is -2.25. The second-order valence-corrected chi connectivity index (χ2v) is 4.35. The summed E-state index contributed by atoms with van der Waals surface area (Å²) in [5, 5.41) is 2.90. The van der Waals surface area contributed by atoms with E-state index >= 15 is 0 Å². The van der Waals surface area contributed by atoms with Crippen molar-refractivity contribution in [1.82, 2.24) is 5.32 Å². The van der Waals surface area contributed by atoms with E-state index in [0.717, 1.165) is 0 Å². The van der Waals surface area contributed by atoms with Crippen LogP contribution in [0.2, 0.25) is 0 Å². The molecule has 1 aromatic rings. The molecule has 0 atom stereocenters. The number of hydrogen-bond acceptors (Lipinski definition) is 2. The van der Waals surface area contributed by atoms with Crippen molar-refractivity contribution in [2.24, 2.45) is 5.92 Å². The molecule has 1 rings (SSSR count). The van der Waals surface area contributed by atoms with Gasteiger partial charge in [-0.25, -0.2) is 13.2 Å². The molecule has 0 spiro atoms. The van der Waals surface area contributed by atoms with E-state index in [1.54, 1.807) is 0 Å². The highest BCUT2D eigenvalue weighted by atomic mass is 19.2. The van der Waals surface area contributed by atoms with E-state index in [9.17, 15) is 22.0 Å². The van der Waals surface area contributed by atoms with Crippen LogP contribution in [0.1, 0.15) is 13.8 Å². The van der Waals surface area contributed by atoms with Crippen molar-refractivity contribution in [2.45, 2.75) is 13.8 Å². The van der Waals surface area contributed by atoms with Gasteiger partial charge in [0.25, 0.3) is 0 Å². The summed E-state index contributed by atoms with van der Waals surface area (Å²) in [7, 11) is 0. The van der Waals surface area contributed by atoms with Crippen LogP contribution in [0.25, 0.3) is 0 Å². The largest absolute Gasteiger partial charge is 0.486 e. The molecule has 0 amide bonds. The highest BCUT2D eigenvalue weighted by Gasteiger charge is 2.26. The second kappa shape index (κ2) is 6.70. The first-order valence-corrected chi connectivity index (χ1v) is 5.71. The third-order valence-electron chi connectivity index (χ3n) is 2.25. The highest BCUT2D eigenvalue weighted by molar-refractivity contribution is 5.29. The van der Waals surface area contributed by atoms with Gasteiger partial charge in [0.1, 0.15) is 6.61 Å². The van der Waals surface area contributed by atoms with Gasteiger partial charge in [0.2, 0.25) is 29.1 Å². The van der Waals surface area contributed by atoms with E-state index in [0.29, 0.717) is 12.5 Å². The third kappa shape index (κ3) is 3.79. The van der Waals surface area contributed by atoms with Crippen LogP contribution in [0, 0.1) is 35.0 Å². The maximum absolute atomic E-state index is 13.2. The van der Waals surface area contributed by atoms with Crippen molar-refractivity contribution in [3.63, 3.8) is 0 Å². The Balaban J connectivity index is 2.69. The van der Waals surface area contributed by atoms with E-state index in [4.69, 9.17) is 0 Å². The van der Waals surface area contributed by atoms with Crippen LogP contribution >= 0.6 is 0 Å². The topological polar surface area (TPSA) is 21.3 Å². The van der Waals surface area contributed by atoms with Gasteiger partial charge in [0.15, 0.2) is 5.75 Å². The number of ether oxygens (including phenoxy) is 1. The first kappa shape index (κ1) is 15.7. The molecule has 0 bridgehead atoms. The predicted octanol–water partition coefficient (Wildman–Crippen LogP) is 3.01. The molecule has 108 valence electrons. The van der Waals surface area contributed by atoms with Crippen LogP contribution in [0.3, 0.4) is 0 Å². The molecule has 1 aromatic carbocycles. The number of benzene rings is 1. The molecular formula is C12H14F5NO. The smallest absolute Gasteiger partial charge is 0.206 e. The van der Waals surface area contributed by atoms with Crippen LogP contribution in [-0.2, 0) is 0 Å². The van der Waals surface area contributed by atoms with E-state index in [1.807, 2.05) is 13.8 Å². The van der Waals surface area contributed by atoms with Gasteiger partial charge in [-0.05, 0) is 12.5 Å². The molecule has 0 saturated carbocycles. The zero-order valence-electron chi connectivity index (χ0n) is 10.5. The Kier molecular flexibility index (Phi) is 5.53. The molecule has 0 aliphatic rings. The van der Waals surface area contributed by atoms with Crippen molar-refractivity contribution in [2.75, 3.05) is 19.7 Å². The lowest BCUT2D eigenvalue weighted by Gasteiger charge is -2.11. The molecule has 0 radical (unpaired) electrons. The van der Waals surface area contributed by atoms with Gasteiger partial charge < -0.3 is 10.1 Å². The Bertz CT molecular complexity index is 421. The van der Waals surface area contributed by atoms with Crippen molar-refractivity contribution in [3.05, 3.63) is 29.1 Å². The summed E-state index contributed by atoms with van der Waals surface area (Å²) < 4.78 is 69.3. The Labute approximate surface area is 107 Å². The zero-order chi connectivity index (χ0) is 14.6. The minimum Gasteiger partial charge on any atom is -0.486 e. The summed E-state index contributed by atoms with van der Waals surface area (Å²) >= 11 is 0. The quantitative estimate of drug-likeness (QED) is 0.375. The van der Waals surface area contributed by atoms with Crippen molar-refractivity contribution >= 4 is 0 Å². The summed E-state index contributed by atoms with van der Waals surface area (Å²) in [5.74, 6) is -11.0. The summed E-state index contributed by atoms with van der Waals surface area (Å²) in [4.78, 5) is 0. The third-order valence-corrected chi connectivity index (χ3v) is 2.25. The maximum Gasteiger partial charge on any atom is 0.206 e. The molecule has 19 heavy (non-hydrogen) atoms.